The molecule has 218 valence electrons. The Bertz CT molecular complexity index is 419. The van der Waals surface area contributed by atoms with E-state index in [0.29, 0.717) is 0 Å². The van der Waals surface area contributed by atoms with Gasteiger partial charge in [0.15, 0.2) is 0 Å². The van der Waals surface area contributed by atoms with E-state index < -0.39 is 9.28 Å². The molecule has 0 aliphatic carbocycles. The van der Waals surface area contributed by atoms with Gasteiger partial charge in [0, 0.05) is 14.2 Å². The highest BCUT2D eigenvalue weighted by Gasteiger charge is 2.22. The first kappa shape index (κ1) is 36.1. The van der Waals surface area contributed by atoms with Gasteiger partial charge in [-0.05, 0) is 38.1 Å². The number of rotatable bonds is 30. The second kappa shape index (κ2) is 28.1. The molecule has 0 saturated heterocycles. The predicted molar refractivity (Wildman–Crippen MR) is 164 cm³/mol. The molecular weight excluding hydrogens is 458 g/mol. The maximum Gasteiger partial charge on any atom is 0.321 e. The highest BCUT2D eigenvalue weighted by molar-refractivity contribution is 6.44. The second-order valence-corrected chi connectivity index (χ2v) is 14.3. The van der Waals surface area contributed by atoms with E-state index in [2.05, 4.69) is 20.9 Å². The molecule has 0 N–H and O–H groups in total. The molecule has 0 rings (SSSR count). The zero-order valence-electron chi connectivity index (χ0n) is 25.9. The van der Waals surface area contributed by atoms with Crippen LogP contribution in [0.1, 0.15) is 162 Å². The lowest BCUT2D eigenvalue weighted by atomic mass is 10.0. The van der Waals surface area contributed by atoms with Gasteiger partial charge >= 0.3 is 9.28 Å². The summed E-state index contributed by atoms with van der Waals surface area (Å²) in [7, 11) is 4.77. The maximum absolute atomic E-state index is 5.57. The SMILES string of the molecule is CCCCCCCCCCCCCC[N+](C)(CCCCCCCCCCCC)CCC[SiH](OC)OC. The normalized spacial score (nSPS) is 13.5. The minimum absolute atomic E-state index is 1.15. The van der Waals surface area contributed by atoms with Gasteiger partial charge in [-0.15, -0.1) is 0 Å². The van der Waals surface area contributed by atoms with Gasteiger partial charge in [-0.3, -0.25) is 0 Å². The number of nitrogens with zero attached hydrogens (tertiary/aromatic N) is 1. The molecule has 0 aromatic carbocycles. The zero-order chi connectivity index (χ0) is 26.6. The van der Waals surface area contributed by atoms with E-state index in [-0.39, 0.29) is 0 Å². The fraction of sp³-hybridized carbons (Fsp3) is 1.00. The van der Waals surface area contributed by atoms with Crippen molar-refractivity contribution in [2.45, 2.75) is 168 Å². The van der Waals surface area contributed by atoms with Gasteiger partial charge in [0.25, 0.3) is 0 Å². The lowest BCUT2D eigenvalue weighted by Gasteiger charge is -2.35. The summed E-state index contributed by atoms with van der Waals surface area (Å²) < 4.78 is 12.4. The van der Waals surface area contributed by atoms with Gasteiger partial charge in [-0.2, -0.15) is 0 Å². The molecule has 4 heteroatoms. The van der Waals surface area contributed by atoms with Crippen LogP contribution in [0.2, 0.25) is 6.04 Å². The summed E-state index contributed by atoms with van der Waals surface area (Å²) in [6, 6.07) is 1.15. The lowest BCUT2D eigenvalue weighted by molar-refractivity contribution is -0.910. The number of quaternary nitrogens is 1. The molecule has 0 saturated carbocycles. The summed E-state index contributed by atoms with van der Waals surface area (Å²) in [6.45, 7) is 8.63. The number of hydrogen-bond acceptors (Lipinski definition) is 2. The van der Waals surface area contributed by atoms with E-state index in [4.69, 9.17) is 8.85 Å². The van der Waals surface area contributed by atoms with Crippen LogP contribution in [0.4, 0.5) is 0 Å². The average molecular weight is 529 g/mol. The Hall–Kier alpha value is 0.0969. The number of unbranched alkanes of at least 4 members (excludes halogenated alkanes) is 20. The molecule has 0 bridgehead atoms. The Morgan fingerprint density at radius 3 is 1.00 bits per heavy atom. The summed E-state index contributed by atoms with van der Waals surface area (Å²) >= 11 is 0. The molecule has 0 spiro atoms. The molecular formula is C32H70NO2Si+. The van der Waals surface area contributed by atoms with Crippen LogP contribution in [0.5, 0.6) is 0 Å². The summed E-state index contributed by atoms with van der Waals surface area (Å²) in [5, 5.41) is 0. The summed E-state index contributed by atoms with van der Waals surface area (Å²) in [5.41, 5.74) is 0. The quantitative estimate of drug-likeness (QED) is 0.0524. The van der Waals surface area contributed by atoms with Gasteiger partial charge in [-0.1, -0.05) is 129 Å². The monoisotopic (exact) mass is 529 g/mol. The van der Waals surface area contributed by atoms with E-state index in [1.54, 1.807) is 0 Å². The Morgan fingerprint density at radius 1 is 0.417 bits per heavy atom. The zero-order valence-corrected chi connectivity index (χ0v) is 27.1. The van der Waals surface area contributed by atoms with E-state index in [9.17, 15) is 0 Å². The van der Waals surface area contributed by atoms with Crippen molar-refractivity contribution in [1.29, 1.82) is 0 Å². The molecule has 0 aromatic heterocycles. The minimum atomic E-state index is -1.41. The molecule has 1 atom stereocenters. The van der Waals surface area contributed by atoms with E-state index in [1.165, 1.54) is 172 Å². The first-order valence-corrected chi connectivity index (χ1v) is 18.3. The van der Waals surface area contributed by atoms with Crippen LogP contribution >= 0.6 is 0 Å². The van der Waals surface area contributed by atoms with Crippen LogP contribution < -0.4 is 0 Å². The van der Waals surface area contributed by atoms with Crippen molar-refractivity contribution in [2.75, 3.05) is 40.9 Å². The molecule has 1 unspecified atom stereocenters. The molecule has 36 heavy (non-hydrogen) atoms. The van der Waals surface area contributed by atoms with E-state index in [1.807, 2.05) is 14.2 Å². The third-order valence-corrected chi connectivity index (χ3v) is 10.2. The molecule has 0 aromatic rings. The first-order valence-electron chi connectivity index (χ1n) is 16.5. The third-order valence-electron chi connectivity index (χ3n) is 8.27. The maximum atomic E-state index is 5.57. The average Bonchev–Trinajstić information content (AvgIpc) is 2.88. The van der Waals surface area contributed by atoms with E-state index in [0.717, 1.165) is 6.04 Å². The van der Waals surface area contributed by atoms with Crippen molar-refractivity contribution < 1.29 is 13.3 Å². The van der Waals surface area contributed by atoms with Crippen molar-refractivity contribution >= 4 is 9.28 Å². The van der Waals surface area contributed by atoms with Gasteiger partial charge in [-0.25, -0.2) is 0 Å². The molecule has 0 aliphatic rings. The van der Waals surface area contributed by atoms with Crippen molar-refractivity contribution in [3.05, 3.63) is 0 Å². The van der Waals surface area contributed by atoms with Gasteiger partial charge in [0.05, 0.1) is 26.7 Å². The molecule has 0 aliphatic heterocycles. The topological polar surface area (TPSA) is 18.5 Å². The second-order valence-electron chi connectivity index (χ2n) is 11.9. The summed E-state index contributed by atoms with van der Waals surface area (Å²) in [4.78, 5) is 0. The molecule has 0 amide bonds. The summed E-state index contributed by atoms with van der Waals surface area (Å²) in [5.74, 6) is 0. The van der Waals surface area contributed by atoms with Crippen LogP contribution in [0.15, 0.2) is 0 Å². The van der Waals surface area contributed by atoms with Crippen LogP contribution in [0.3, 0.4) is 0 Å². The van der Waals surface area contributed by atoms with E-state index >= 15 is 0 Å². The van der Waals surface area contributed by atoms with Crippen LogP contribution in [-0.2, 0) is 8.85 Å². The highest BCUT2D eigenvalue weighted by atomic mass is 28.3. The van der Waals surface area contributed by atoms with Crippen molar-refractivity contribution in [1.82, 2.24) is 0 Å². The largest absolute Gasteiger partial charge is 0.400 e. The van der Waals surface area contributed by atoms with Crippen molar-refractivity contribution in [3.8, 4) is 0 Å². The smallest absolute Gasteiger partial charge is 0.321 e. The fourth-order valence-electron chi connectivity index (χ4n) is 5.62. The Morgan fingerprint density at radius 2 is 0.694 bits per heavy atom. The van der Waals surface area contributed by atoms with Gasteiger partial charge < -0.3 is 13.3 Å². The Kier molecular flexibility index (Phi) is 28.2. The lowest BCUT2D eigenvalue weighted by Crippen LogP contribution is -2.46. The third kappa shape index (κ3) is 24.4. The molecule has 0 fully saturated rings. The first-order chi connectivity index (χ1) is 17.6. The Balaban J connectivity index is 4.04. The molecule has 3 nitrogen and oxygen atoms in total. The predicted octanol–water partition coefficient (Wildman–Crippen LogP) is 9.96. The standard InChI is InChI=1S/C32H70NO2Si/c1-6-8-10-12-14-16-18-19-21-23-25-27-30-33(3,31-28-32-36(34-4)35-5)29-26-24-22-20-17-15-13-11-9-7-2/h36H,6-32H2,1-5H3/q+1. The molecule has 0 heterocycles. The van der Waals surface area contributed by atoms with Crippen LogP contribution in [0, 0.1) is 0 Å². The summed E-state index contributed by atoms with van der Waals surface area (Å²) in [6.07, 6.45) is 32.8. The number of hydrogen-bond donors (Lipinski definition) is 0. The fourth-order valence-corrected chi connectivity index (χ4v) is 6.80. The molecule has 0 radical (unpaired) electrons. The van der Waals surface area contributed by atoms with Gasteiger partial charge in [0.2, 0.25) is 0 Å². The Labute approximate surface area is 230 Å². The van der Waals surface area contributed by atoms with Crippen molar-refractivity contribution in [2.24, 2.45) is 0 Å². The van der Waals surface area contributed by atoms with Crippen LogP contribution in [0.25, 0.3) is 0 Å². The van der Waals surface area contributed by atoms with Crippen LogP contribution in [-0.4, -0.2) is 54.7 Å². The highest BCUT2D eigenvalue weighted by Crippen LogP contribution is 2.17. The van der Waals surface area contributed by atoms with Gasteiger partial charge in [0.1, 0.15) is 0 Å². The minimum Gasteiger partial charge on any atom is -0.400 e. The van der Waals surface area contributed by atoms with Crippen molar-refractivity contribution in [3.63, 3.8) is 0 Å².